The maximum Gasteiger partial charge on any atom is 0.261 e. The number of rotatable bonds is 20. The van der Waals surface area contributed by atoms with Gasteiger partial charge in [0.05, 0.1) is 0 Å². The van der Waals surface area contributed by atoms with E-state index in [1.807, 2.05) is 62.4 Å². The summed E-state index contributed by atoms with van der Waals surface area (Å²) in [7, 11) is 0. The van der Waals surface area contributed by atoms with Crippen LogP contribution in [0.15, 0.2) is 48.5 Å². The summed E-state index contributed by atoms with van der Waals surface area (Å²) in [5.74, 6) is -0.901. The lowest BCUT2D eigenvalue weighted by atomic mass is 9.82. The minimum atomic E-state index is -0.225. The summed E-state index contributed by atoms with van der Waals surface area (Å²) in [6.07, 6.45) is 21.0. The van der Waals surface area contributed by atoms with Crippen molar-refractivity contribution in [1.29, 1.82) is 0 Å². The largest absolute Gasteiger partial charge is 0.272 e. The Balaban J connectivity index is 1.15. The number of imide groups is 2. The maximum atomic E-state index is 14.1. The van der Waals surface area contributed by atoms with Crippen molar-refractivity contribution in [2.24, 2.45) is 0 Å². The van der Waals surface area contributed by atoms with Crippen molar-refractivity contribution < 1.29 is 19.2 Å². The van der Waals surface area contributed by atoms with E-state index in [1.165, 1.54) is 86.8 Å². The number of carbonyl (C=O) groups excluding carboxylic acids is 4. The van der Waals surface area contributed by atoms with Crippen LogP contribution in [0.3, 0.4) is 0 Å². The van der Waals surface area contributed by atoms with Gasteiger partial charge in [0, 0.05) is 45.1 Å². The molecule has 2 aliphatic rings. The van der Waals surface area contributed by atoms with Crippen molar-refractivity contribution in [3.63, 3.8) is 0 Å². The zero-order valence-corrected chi connectivity index (χ0v) is 33.0. The van der Waals surface area contributed by atoms with Gasteiger partial charge in [-0.2, -0.15) is 0 Å². The van der Waals surface area contributed by atoms with E-state index >= 15 is 0 Å². The van der Waals surface area contributed by atoms with Crippen LogP contribution in [0.1, 0.15) is 185 Å². The topological polar surface area (TPSA) is 74.8 Å². The van der Waals surface area contributed by atoms with Crippen molar-refractivity contribution in [3.8, 4) is 0 Å². The molecule has 6 heteroatoms. The highest BCUT2D eigenvalue weighted by Crippen LogP contribution is 2.46. The van der Waals surface area contributed by atoms with Gasteiger partial charge in [-0.05, 0) is 83.3 Å². The number of fused-ring (bicyclic) bond motifs is 2. The van der Waals surface area contributed by atoms with Crippen LogP contribution in [-0.4, -0.2) is 45.5 Å². The van der Waals surface area contributed by atoms with Gasteiger partial charge in [-0.3, -0.25) is 29.0 Å². The van der Waals surface area contributed by atoms with E-state index in [1.54, 1.807) is 0 Å². The highest BCUT2D eigenvalue weighted by molar-refractivity contribution is 6.41. The third-order valence-corrected chi connectivity index (χ3v) is 12.5. The molecule has 54 heavy (non-hydrogen) atoms. The minimum Gasteiger partial charge on any atom is -0.272 e. The second-order valence-electron chi connectivity index (χ2n) is 16.3. The fourth-order valence-electron chi connectivity index (χ4n) is 9.51. The highest BCUT2D eigenvalue weighted by Gasteiger charge is 2.39. The predicted molar refractivity (Wildman–Crippen MR) is 222 cm³/mol. The lowest BCUT2D eigenvalue weighted by molar-refractivity contribution is 0.0526. The van der Waals surface area contributed by atoms with Gasteiger partial charge in [0.2, 0.25) is 0 Å². The lowest BCUT2D eigenvalue weighted by Gasteiger charge is -2.34. The zero-order valence-electron chi connectivity index (χ0n) is 33.0. The second kappa shape index (κ2) is 16.6. The van der Waals surface area contributed by atoms with Crippen LogP contribution in [-0.2, 0) is 0 Å². The molecule has 6 nitrogen and oxygen atoms in total. The predicted octanol–water partition coefficient (Wildman–Crippen LogP) is 12.8. The Morgan fingerprint density at radius 2 is 0.630 bits per heavy atom. The van der Waals surface area contributed by atoms with Crippen molar-refractivity contribution in [3.05, 3.63) is 70.8 Å². The molecule has 5 aromatic rings. The Morgan fingerprint density at radius 1 is 0.370 bits per heavy atom. The minimum absolute atomic E-state index is 0.185. The van der Waals surface area contributed by atoms with Crippen LogP contribution in [0.5, 0.6) is 0 Å². The van der Waals surface area contributed by atoms with Gasteiger partial charge in [-0.25, -0.2) is 0 Å². The third kappa shape index (κ3) is 6.79. The monoisotopic (exact) mass is 726 g/mol. The Kier molecular flexibility index (Phi) is 11.7. The normalized spacial score (nSPS) is 15.6. The molecule has 7 rings (SSSR count). The molecule has 5 aromatic carbocycles. The molecular weight excluding hydrogens is 669 g/mol. The number of unbranched alkanes of at least 4 members (excludes halogenated alkanes) is 14. The highest BCUT2D eigenvalue weighted by atomic mass is 16.2. The maximum absolute atomic E-state index is 14.1. The molecule has 0 aliphatic carbocycles. The summed E-state index contributed by atoms with van der Waals surface area (Å²) in [4.78, 5) is 59.5. The molecule has 2 unspecified atom stereocenters. The Bertz CT molecular complexity index is 1930. The van der Waals surface area contributed by atoms with Crippen LogP contribution in [0.2, 0.25) is 0 Å². The molecule has 0 bridgehead atoms. The molecule has 2 heterocycles. The van der Waals surface area contributed by atoms with Gasteiger partial charge in [0.1, 0.15) is 0 Å². The fourth-order valence-corrected chi connectivity index (χ4v) is 9.51. The molecule has 0 fully saturated rings. The van der Waals surface area contributed by atoms with Crippen LogP contribution in [0.4, 0.5) is 0 Å². The van der Waals surface area contributed by atoms with Crippen molar-refractivity contribution in [2.75, 3.05) is 0 Å². The van der Waals surface area contributed by atoms with Crippen molar-refractivity contribution in [1.82, 2.24) is 9.80 Å². The van der Waals surface area contributed by atoms with Crippen LogP contribution >= 0.6 is 0 Å². The summed E-state index contributed by atoms with van der Waals surface area (Å²) < 4.78 is 0. The molecule has 4 amide bonds. The lowest BCUT2D eigenvalue weighted by Crippen LogP contribution is -2.46. The smallest absolute Gasteiger partial charge is 0.261 e. The molecule has 284 valence electrons. The summed E-state index contributed by atoms with van der Waals surface area (Å²) in [5, 5.41) is 6.91. The molecule has 2 aliphatic heterocycles. The summed E-state index contributed by atoms with van der Waals surface area (Å²) in [5.41, 5.74) is 2.25. The Morgan fingerprint density at radius 3 is 0.907 bits per heavy atom. The Hall–Kier alpha value is -4.32. The SMILES string of the molecule is CCCCCCCCCCC(C)N1C(=O)c2ccc3c4ccc5c6c(ccc(c7ccc(c2c37)C1=O)c64)C(=O)N(C(C)CCCCCCCCCC)C5=O. The quantitative estimate of drug-likeness (QED) is 0.0346. The van der Waals surface area contributed by atoms with Crippen LogP contribution in [0, 0.1) is 0 Å². The molecule has 0 saturated carbocycles. The van der Waals surface area contributed by atoms with E-state index in [9.17, 15) is 19.2 Å². The number of benzene rings is 5. The number of nitrogens with zero attached hydrogens (tertiary/aromatic N) is 2. The van der Waals surface area contributed by atoms with E-state index in [-0.39, 0.29) is 35.7 Å². The van der Waals surface area contributed by atoms with Crippen LogP contribution < -0.4 is 0 Å². The number of hydrogen-bond acceptors (Lipinski definition) is 4. The van der Waals surface area contributed by atoms with Gasteiger partial charge in [0.25, 0.3) is 23.6 Å². The summed E-state index contributed by atoms with van der Waals surface area (Å²) in [6.45, 7) is 8.48. The first-order valence-corrected chi connectivity index (χ1v) is 21.3. The summed E-state index contributed by atoms with van der Waals surface area (Å²) >= 11 is 0. The molecule has 2 atom stereocenters. The van der Waals surface area contributed by atoms with Gasteiger partial charge in [0.15, 0.2) is 0 Å². The average Bonchev–Trinajstić information content (AvgIpc) is 3.17. The van der Waals surface area contributed by atoms with Gasteiger partial charge < -0.3 is 0 Å². The standard InChI is InChI=1S/C48H58N2O4/c1-5-7-9-11-13-15-17-19-21-31(3)49-45(51)37-27-23-33-35-25-29-39-44-40(30-26-36(42(35)44)34-24-28-38(46(49)52)43(37)41(33)34)48(54)50(47(39)53)32(4)22-20-18-16-14-12-10-8-6-2/h23-32H,5-22H2,1-4H3. The zero-order chi connectivity index (χ0) is 37.9. The van der Waals surface area contributed by atoms with Crippen molar-refractivity contribution in [2.45, 2.75) is 155 Å². The number of hydrogen-bond donors (Lipinski definition) is 0. The molecule has 0 spiro atoms. The van der Waals surface area contributed by atoms with E-state index in [0.29, 0.717) is 33.0 Å². The van der Waals surface area contributed by atoms with Crippen molar-refractivity contribution >= 4 is 66.7 Å². The van der Waals surface area contributed by atoms with E-state index in [0.717, 1.165) is 70.8 Å². The molecule has 0 N–H and O–H groups in total. The third-order valence-electron chi connectivity index (χ3n) is 12.5. The molecule has 0 radical (unpaired) electrons. The average molecular weight is 727 g/mol. The van der Waals surface area contributed by atoms with Crippen LogP contribution in [0.25, 0.3) is 43.1 Å². The number of amides is 4. The summed E-state index contributed by atoms with van der Waals surface area (Å²) in [6, 6.07) is 15.1. The molecular formula is C48H58N2O4. The van der Waals surface area contributed by atoms with Gasteiger partial charge >= 0.3 is 0 Å². The second-order valence-corrected chi connectivity index (χ2v) is 16.3. The van der Waals surface area contributed by atoms with Gasteiger partial charge in [-0.1, -0.05) is 141 Å². The first-order chi connectivity index (χ1) is 26.3. The first-order valence-electron chi connectivity index (χ1n) is 21.3. The van der Waals surface area contributed by atoms with E-state index < -0.39 is 0 Å². The van der Waals surface area contributed by atoms with E-state index in [2.05, 4.69) is 13.8 Å². The van der Waals surface area contributed by atoms with E-state index in [4.69, 9.17) is 0 Å². The fraction of sp³-hybridized carbons (Fsp3) is 0.500. The molecule has 0 aromatic heterocycles. The number of carbonyl (C=O) groups is 4. The Labute approximate surface area is 321 Å². The first kappa shape index (κ1) is 38.0. The molecule has 0 saturated heterocycles. The van der Waals surface area contributed by atoms with Gasteiger partial charge in [-0.15, -0.1) is 0 Å².